The monoisotopic (exact) mass is 426 g/mol. The summed E-state index contributed by atoms with van der Waals surface area (Å²) in [4.78, 5) is 27.1. The number of hydrogen-bond acceptors (Lipinski definition) is 5. The van der Waals surface area contributed by atoms with E-state index >= 15 is 0 Å². The predicted molar refractivity (Wildman–Crippen MR) is 117 cm³/mol. The van der Waals surface area contributed by atoms with Gasteiger partial charge in [0.15, 0.2) is 11.5 Å². The molecule has 2 aliphatic rings. The Kier molecular flexibility index (Phi) is 6.47. The van der Waals surface area contributed by atoms with Gasteiger partial charge in [-0.25, -0.2) is 0 Å². The maximum Gasteiger partial charge on any atom is 0.233 e. The maximum atomic E-state index is 13.0. The molecular formula is C23H26N2O4S. The second-order valence-electron chi connectivity index (χ2n) is 7.50. The summed E-state index contributed by atoms with van der Waals surface area (Å²) in [5, 5.41) is 2.75. The Labute approximate surface area is 180 Å². The van der Waals surface area contributed by atoms with Crippen LogP contribution in [0.3, 0.4) is 0 Å². The van der Waals surface area contributed by atoms with Crippen LogP contribution in [-0.4, -0.2) is 42.2 Å². The molecule has 158 valence electrons. The molecule has 7 heteroatoms. The van der Waals surface area contributed by atoms with Gasteiger partial charge in [0.25, 0.3) is 0 Å². The number of amides is 2. The first-order chi connectivity index (χ1) is 14.6. The Hall–Kier alpha value is -2.67. The van der Waals surface area contributed by atoms with Crippen molar-refractivity contribution in [2.24, 2.45) is 0 Å². The van der Waals surface area contributed by atoms with E-state index in [9.17, 15) is 9.59 Å². The van der Waals surface area contributed by atoms with Crippen LogP contribution >= 0.6 is 11.8 Å². The summed E-state index contributed by atoms with van der Waals surface area (Å²) < 4.78 is 11.6. The third kappa shape index (κ3) is 4.90. The van der Waals surface area contributed by atoms with Crippen molar-refractivity contribution in [1.82, 2.24) is 4.90 Å². The second kappa shape index (κ2) is 9.43. The van der Waals surface area contributed by atoms with Crippen LogP contribution in [0.15, 0.2) is 47.4 Å². The van der Waals surface area contributed by atoms with Gasteiger partial charge < -0.3 is 19.7 Å². The fraction of sp³-hybridized carbons (Fsp3) is 0.391. The molecule has 0 spiro atoms. The summed E-state index contributed by atoms with van der Waals surface area (Å²) in [6.07, 6.45) is 2.84. The molecule has 2 aromatic rings. The summed E-state index contributed by atoms with van der Waals surface area (Å²) in [6, 6.07) is 13.7. The van der Waals surface area contributed by atoms with Crippen molar-refractivity contribution >= 4 is 29.3 Å². The van der Waals surface area contributed by atoms with Crippen LogP contribution in [-0.2, 0) is 9.59 Å². The molecule has 0 bridgehead atoms. The van der Waals surface area contributed by atoms with E-state index in [1.807, 2.05) is 41.3 Å². The van der Waals surface area contributed by atoms with Gasteiger partial charge in [-0.2, -0.15) is 0 Å². The Morgan fingerprint density at radius 3 is 2.60 bits per heavy atom. The highest BCUT2D eigenvalue weighted by atomic mass is 32.2. The highest BCUT2D eigenvalue weighted by molar-refractivity contribution is 8.00. The lowest BCUT2D eigenvalue weighted by atomic mass is 10.0. The second-order valence-corrected chi connectivity index (χ2v) is 8.54. The SMILES string of the molecule is CC(=O)Nc1ccc(SCC(=O)N2CCC[C@@H]2c2ccc3c(c2)OCCCO3)cc1. The lowest BCUT2D eigenvalue weighted by Gasteiger charge is -2.25. The maximum absolute atomic E-state index is 13.0. The summed E-state index contributed by atoms with van der Waals surface area (Å²) >= 11 is 1.52. The first kappa shape index (κ1) is 20.6. The van der Waals surface area contributed by atoms with Gasteiger partial charge in [0, 0.05) is 30.5 Å². The number of nitrogens with zero attached hydrogens (tertiary/aromatic N) is 1. The summed E-state index contributed by atoms with van der Waals surface area (Å²) in [6.45, 7) is 3.58. The number of thioether (sulfide) groups is 1. The predicted octanol–water partition coefficient (Wildman–Crippen LogP) is 4.26. The van der Waals surface area contributed by atoms with Crippen LogP contribution in [0.5, 0.6) is 11.5 Å². The molecule has 2 aromatic carbocycles. The van der Waals surface area contributed by atoms with Crippen LogP contribution < -0.4 is 14.8 Å². The molecule has 0 aromatic heterocycles. The van der Waals surface area contributed by atoms with Gasteiger partial charge in [0.1, 0.15) is 0 Å². The zero-order chi connectivity index (χ0) is 20.9. The zero-order valence-electron chi connectivity index (χ0n) is 17.1. The number of ether oxygens (including phenoxy) is 2. The minimum atomic E-state index is -0.0968. The van der Waals surface area contributed by atoms with E-state index in [-0.39, 0.29) is 17.9 Å². The third-order valence-corrected chi connectivity index (χ3v) is 6.26. The molecule has 2 aliphatic heterocycles. The van der Waals surface area contributed by atoms with E-state index in [4.69, 9.17) is 9.47 Å². The standard InChI is InChI=1S/C23H26N2O4S/c1-16(26)24-18-6-8-19(9-7-18)30-15-23(27)25-11-2-4-20(25)17-5-10-21-22(14-17)29-13-3-12-28-21/h5-10,14,20H,2-4,11-13,15H2,1H3,(H,24,26)/t20-/m1/s1. The Balaban J connectivity index is 1.39. The first-order valence-electron chi connectivity index (χ1n) is 10.3. The number of hydrogen-bond donors (Lipinski definition) is 1. The number of fused-ring (bicyclic) bond motifs is 1. The number of carbonyl (C=O) groups is 2. The Morgan fingerprint density at radius 2 is 1.83 bits per heavy atom. The largest absolute Gasteiger partial charge is 0.490 e. The van der Waals surface area contributed by atoms with Gasteiger partial charge in [0.05, 0.1) is 25.0 Å². The summed E-state index contributed by atoms with van der Waals surface area (Å²) in [5.74, 6) is 1.99. The molecule has 0 radical (unpaired) electrons. The van der Waals surface area contributed by atoms with Gasteiger partial charge in [-0.05, 0) is 54.8 Å². The highest BCUT2D eigenvalue weighted by Gasteiger charge is 2.30. The molecule has 2 heterocycles. The van der Waals surface area contributed by atoms with E-state index in [0.29, 0.717) is 19.0 Å². The molecule has 4 rings (SSSR count). The zero-order valence-corrected chi connectivity index (χ0v) is 17.9. The Morgan fingerprint density at radius 1 is 1.07 bits per heavy atom. The fourth-order valence-corrected chi connectivity index (χ4v) is 4.65. The number of carbonyl (C=O) groups excluding carboxylic acids is 2. The van der Waals surface area contributed by atoms with Crippen molar-refractivity contribution in [2.45, 2.75) is 37.1 Å². The van der Waals surface area contributed by atoms with Crippen molar-refractivity contribution in [2.75, 3.05) is 30.8 Å². The van der Waals surface area contributed by atoms with Crippen molar-refractivity contribution in [3.8, 4) is 11.5 Å². The van der Waals surface area contributed by atoms with Crippen LogP contribution in [0.1, 0.15) is 37.8 Å². The van der Waals surface area contributed by atoms with Gasteiger partial charge in [0.2, 0.25) is 11.8 Å². The van der Waals surface area contributed by atoms with Crippen molar-refractivity contribution in [1.29, 1.82) is 0 Å². The van der Waals surface area contributed by atoms with Crippen LogP contribution in [0.4, 0.5) is 5.69 Å². The van der Waals surface area contributed by atoms with Crippen LogP contribution in [0.25, 0.3) is 0 Å². The van der Waals surface area contributed by atoms with Crippen molar-refractivity contribution in [3.05, 3.63) is 48.0 Å². The fourth-order valence-electron chi connectivity index (χ4n) is 3.86. The van der Waals surface area contributed by atoms with E-state index in [1.54, 1.807) is 0 Å². The minimum absolute atomic E-state index is 0.0809. The van der Waals surface area contributed by atoms with E-state index in [1.165, 1.54) is 18.7 Å². The Bertz CT molecular complexity index is 916. The topological polar surface area (TPSA) is 67.9 Å². The first-order valence-corrected chi connectivity index (χ1v) is 11.3. The quantitative estimate of drug-likeness (QED) is 0.724. The summed E-state index contributed by atoms with van der Waals surface area (Å²) in [5.41, 5.74) is 1.86. The van der Waals surface area contributed by atoms with Crippen LogP contribution in [0.2, 0.25) is 0 Å². The van der Waals surface area contributed by atoms with E-state index in [2.05, 4.69) is 11.4 Å². The number of anilines is 1. The average Bonchev–Trinajstić information content (AvgIpc) is 3.11. The minimum Gasteiger partial charge on any atom is -0.490 e. The van der Waals surface area contributed by atoms with Gasteiger partial charge >= 0.3 is 0 Å². The van der Waals surface area contributed by atoms with E-state index in [0.717, 1.165) is 53.5 Å². The number of likely N-dealkylation sites (tertiary alicyclic amines) is 1. The molecular weight excluding hydrogens is 400 g/mol. The van der Waals surface area contributed by atoms with Gasteiger partial charge in [-0.15, -0.1) is 11.8 Å². The molecule has 0 saturated carbocycles. The lowest BCUT2D eigenvalue weighted by molar-refractivity contribution is -0.129. The third-order valence-electron chi connectivity index (χ3n) is 5.27. The number of nitrogens with one attached hydrogen (secondary N) is 1. The van der Waals surface area contributed by atoms with Gasteiger partial charge in [-0.3, -0.25) is 9.59 Å². The normalized spacial score (nSPS) is 18.0. The highest BCUT2D eigenvalue weighted by Crippen LogP contribution is 2.38. The molecule has 1 N–H and O–H groups in total. The van der Waals surface area contributed by atoms with Gasteiger partial charge in [-0.1, -0.05) is 6.07 Å². The van der Waals surface area contributed by atoms with Crippen LogP contribution in [0, 0.1) is 0 Å². The van der Waals surface area contributed by atoms with Crippen molar-refractivity contribution in [3.63, 3.8) is 0 Å². The molecule has 30 heavy (non-hydrogen) atoms. The molecule has 6 nitrogen and oxygen atoms in total. The average molecular weight is 427 g/mol. The molecule has 2 amide bonds. The lowest BCUT2D eigenvalue weighted by Crippen LogP contribution is -2.32. The smallest absolute Gasteiger partial charge is 0.233 e. The molecule has 1 fully saturated rings. The number of rotatable bonds is 5. The van der Waals surface area contributed by atoms with Crippen molar-refractivity contribution < 1.29 is 19.1 Å². The number of benzene rings is 2. The summed E-state index contributed by atoms with van der Waals surface area (Å²) in [7, 11) is 0. The molecule has 0 unspecified atom stereocenters. The molecule has 0 aliphatic carbocycles. The van der Waals surface area contributed by atoms with E-state index < -0.39 is 0 Å². The molecule has 1 atom stereocenters. The molecule has 1 saturated heterocycles.